The van der Waals surface area contributed by atoms with Gasteiger partial charge in [-0.1, -0.05) is 17.7 Å². The van der Waals surface area contributed by atoms with Crippen molar-refractivity contribution in [1.82, 2.24) is 19.9 Å². The van der Waals surface area contributed by atoms with Gasteiger partial charge in [0.05, 0.1) is 17.3 Å². The van der Waals surface area contributed by atoms with E-state index in [1.807, 2.05) is 6.07 Å². The maximum Gasteiger partial charge on any atom is 0.253 e. The van der Waals surface area contributed by atoms with Gasteiger partial charge >= 0.3 is 0 Å². The molecule has 0 fully saturated rings. The smallest absolute Gasteiger partial charge is 0.253 e. The van der Waals surface area contributed by atoms with Gasteiger partial charge in [-0.05, 0) is 29.8 Å². The van der Waals surface area contributed by atoms with E-state index in [0.717, 1.165) is 11.1 Å². The number of hydrogen-bond acceptors (Lipinski definition) is 3. The van der Waals surface area contributed by atoms with Crippen LogP contribution in [0, 0.1) is 0 Å². The fourth-order valence-electron chi connectivity index (χ4n) is 1.93. The molecule has 1 N–H and O–H groups in total. The first-order valence-electron chi connectivity index (χ1n) is 6.05. The molecule has 3 aromatic rings. The van der Waals surface area contributed by atoms with Crippen molar-refractivity contribution in [3.8, 4) is 0 Å². The fraction of sp³-hybridized carbons (Fsp3) is 0.0714. The van der Waals surface area contributed by atoms with Gasteiger partial charge in [0.15, 0.2) is 0 Å². The van der Waals surface area contributed by atoms with E-state index in [-0.39, 0.29) is 5.91 Å². The van der Waals surface area contributed by atoms with Gasteiger partial charge in [-0.15, -0.1) is 0 Å². The Morgan fingerprint density at radius 3 is 3.00 bits per heavy atom. The van der Waals surface area contributed by atoms with Crippen molar-refractivity contribution in [2.75, 3.05) is 0 Å². The number of nitrogens with one attached hydrogen (secondary N) is 1. The van der Waals surface area contributed by atoms with Gasteiger partial charge in [0.25, 0.3) is 5.91 Å². The minimum atomic E-state index is -0.147. The van der Waals surface area contributed by atoms with E-state index in [9.17, 15) is 4.79 Å². The maximum atomic E-state index is 12.2. The molecule has 0 spiro atoms. The van der Waals surface area contributed by atoms with Gasteiger partial charge in [0.2, 0.25) is 0 Å². The average molecular weight is 287 g/mol. The third-order valence-corrected chi connectivity index (χ3v) is 3.15. The topological polar surface area (TPSA) is 59.3 Å². The average Bonchev–Trinajstić information content (AvgIpc) is 2.94. The van der Waals surface area contributed by atoms with Gasteiger partial charge < -0.3 is 5.32 Å². The number of carbonyl (C=O) groups excluding carboxylic acids is 1. The number of fused-ring (bicyclic) bond motifs is 1. The summed E-state index contributed by atoms with van der Waals surface area (Å²) in [7, 11) is 0. The minimum absolute atomic E-state index is 0.147. The monoisotopic (exact) mass is 286 g/mol. The number of nitrogens with zero attached hydrogens (tertiary/aromatic N) is 3. The van der Waals surface area contributed by atoms with Crippen molar-refractivity contribution in [1.29, 1.82) is 0 Å². The summed E-state index contributed by atoms with van der Waals surface area (Å²) in [5.74, 6) is -0.147. The number of halogens is 1. The van der Waals surface area contributed by atoms with Crippen LogP contribution in [-0.2, 0) is 6.54 Å². The molecule has 20 heavy (non-hydrogen) atoms. The third kappa shape index (κ3) is 2.48. The molecular weight excluding hydrogens is 276 g/mol. The van der Waals surface area contributed by atoms with Gasteiger partial charge in [0, 0.05) is 18.9 Å². The summed E-state index contributed by atoms with van der Waals surface area (Å²) in [6, 6.07) is 8.89. The highest BCUT2D eigenvalue weighted by Crippen LogP contribution is 2.10. The largest absolute Gasteiger partial charge is 0.348 e. The van der Waals surface area contributed by atoms with Crippen molar-refractivity contribution in [2.24, 2.45) is 0 Å². The number of amides is 1. The molecule has 5 nitrogen and oxygen atoms in total. The Morgan fingerprint density at radius 2 is 2.20 bits per heavy atom. The van der Waals surface area contributed by atoms with Crippen LogP contribution in [0.1, 0.15) is 15.9 Å². The highest BCUT2D eigenvalue weighted by atomic mass is 35.5. The number of carbonyl (C=O) groups is 1. The van der Waals surface area contributed by atoms with E-state index in [1.165, 1.54) is 0 Å². The maximum absolute atomic E-state index is 12.2. The van der Waals surface area contributed by atoms with Crippen LogP contribution >= 0.6 is 11.6 Å². The molecule has 0 saturated heterocycles. The molecule has 0 aliphatic carbocycles. The molecule has 0 aliphatic heterocycles. The Morgan fingerprint density at radius 1 is 1.30 bits per heavy atom. The lowest BCUT2D eigenvalue weighted by molar-refractivity contribution is 0.0952. The molecule has 0 radical (unpaired) electrons. The van der Waals surface area contributed by atoms with E-state index in [2.05, 4.69) is 15.4 Å². The molecule has 100 valence electrons. The van der Waals surface area contributed by atoms with Gasteiger partial charge in [-0.25, -0.2) is 9.50 Å². The molecule has 6 heteroatoms. The molecule has 0 aromatic carbocycles. The summed E-state index contributed by atoms with van der Waals surface area (Å²) in [5, 5.41) is 7.39. The molecular formula is C14H11ClN4O. The van der Waals surface area contributed by atoms with E-state index in [1.54, 1.807) is 47.4 Å². The van der Waals surface area contributed by atoms with Crippen molar-refractivity contribution in [3.63, 3.8) is 0 Å². The lowest BCUT2D eigenvalue weighted by Crippen LogP contribution is -2.23. The van der Waals surface area contributed by atoms with Crippen molar-refractivity contribution >= 4 is 23.0 Å². The molecule has 0 aliphatic rings. The second-order valence-electron chi connectivity index (χ2n) is 4.25. The van der Waals surface area contributed by atoms with Crippen LogP contribution in [0.15, 0.2) is 48.9 Å². The minimum Gasteiger partial charge on any atom is -0.348 e. The van der Waals surface area contributed by atoms with Gasteiger partial charge in [-0.3, -0.25) is 4.79 Å². The van der Waals surface area contributed by atoms with E-state index < -0.39 is 0 Å². The molecule has 3 rings (SSSR count). The zero-order valence-corrected chi connectivity index (χ0v) is 11.2. The van der Waals surface area contributed by atoms with E-state index >= 15 is 0 Å². The predicted octanol–water partition coefficient (Wildman–Crippen LogP) is 2.31. The standard InChI is InChI=1S/C14H11ClN4O/c15-13-4-3-10(8-16-13)9-17-14(20)11-2-1-7-19-12(11)5-6-18-19/h1-8H,9H2,(H,17,20). The van der Waals surface area contributed by atoms with E-state index in [0.29, 0.717) is 17.3 Å². The first kappa shape index (κ1) is 12.6. The summed E-state index contributed by atoms with van der Waals surface area (Å²) in [4.78, 5) is 16.2. The Hall–Kier alpha value is -2.40. The second kappa shape index (κ2) is 5.30. The predicted molar refractivity (Wildman–Crippen MR) is 75.6 cm³/mol. The zero-order chi connectivity index (χ0) is 13.9. The zero-order valence-electron chi connectivity index (χ0n) is 10.5. The molecule has 3 aromatic heterocycles. The summed E-state index contributed by atoms with van der Waals surface area (Å²) in [5.41, 5.74) is 2.26. The first-order valence-corrected chi connectivity index (χ1v) is 6.43. The van der Waals surface area contributed by atoms with Crippen molar-refractivity contribution < 1.29 is 4.79 Å². The summed E-state index contributed by atoms with van der Waals surface area (Å²) >= 11 is 5.71. The van der Waals surface area contributed by atoms with Gasteiger partial charge in [-0.2, -0.15) is 5.10 Å². The molecule has 0 bridgehead atoms. The highest BCUT2D eigenvalue weighted by Gasteiger charge is 2.10. The van der Waals surface area contributed by atoms with Crippen LogP contribution in [0.4, 0.5) is 0 Å². The van der Waals surface area contributed by atoms with Crippen LogP contribution < -0.4 is 5.32 Å². The molecule has 1 amide bonds. The molecule has 0 saturated carbocycles. The SMILES string of the molecule is O=C(NCc1ccc(Cl)nc1)c1cccn2nccc12. The molecule has 0 unspecified atom stereocenters. The molecule has 3 heterocycles. The summed E-state index contributed by atoms with van der Waals surface area (Å²) < 4.78 is 1.67. The van der Waals surface area contributed by atoms with Crippen molar-refractivity contribution in [2.45, 2.75) is 6.54 Å². The Bertz CT molecular complexity index is 751. The normalized spacial score (nSPS) is 10.7. The van der Waals surface area contributed by atoms with Crippen molar-refractivity contribution in [3.05, 3.63) is 65.2 Å². The number of pyridine rings is 2. The first-order chi connectivity index (χ1) is 9.74. The Balaban J connectivity index is 1.76. The number of rotatable bonds is 3. The quantitative estimate of drug-likeness (QED) is 0.752. The van der Waals surface area contributed by atoms with Gasteiger partial charge in [0.1, 0.15) is 5.15 Å². The van der Waals surface area contributed by atoms with Crippen LogP contribution in [0.25, 0.3) is 5.52 Å². The molecule has 0 atom stereocenters. The van der Waals surface area contributed by atoms with Crippen LogP contribution in [-0.4, -0.2) is 20.5 Å². The highest BCUT2D eigenvalue weighted by molar-refractivity contribution is 6.29. The summed E-state index contributed by atoms with van der Waals surface area (Å²) in [6.45, 7) is 0.401. The second-order valence-corrected chi connectivity index (χ2v) is 4.64. The van der Waals surface area contributed by atoms with Crippen LogP contribution in [0.2, 0.25) is 5.15 Å². The van der Waals surface area contributed by atoms with Crippen LogP contribution in [0.5, 0.6) is 0 Å². The lowest BCUT2D eigenvalue weighted by Gasteiger charge is -2.06. The Kier molecular flexibility index (Phi) is 3.35. The number of hydrogen-bond donors (Lipinski definition) is 1. The van der Waals surface area contributed by atoms with Crippen LogP contribution in [0.3, 0.4) is 0 Å². The Labute approximate surface area is 120 Å². The summed E-state index contributed by atoms with van der Waals surface area (Å²) in [6.07, 6.45) is 5.10. The fourth-order valence-corrected chi connectivity index (χ4v) is 2.04. The van der Waals surface area contributed by atoms with E-state index in [4.69, 9.17) is 11.6 Å². The number of aromatic nitrogens is 3. The third-order valence-electron chi connectivity index (χ3n) is 2.92. The lowest BCUT2D eigenvalue weighted by atomic mass is 10.2.